The molecule has 5 unspecified atom stereocenters. The fourth-order valence-corrected chi connectivity index (χ4v) is 12.2. The smallest absolute Gasteiger partial charge is 0.463 e. The van der Waals surface area contributed by atoms with Gasteiger partial charge in [-0.15, -0.1) is 0 Å². The van der Waals surface area contributed by atoms with E-state index in [2.05, 4.69) is 161 Å². The van der Waals surface area contributed by atoms with Gasteiger partial charge in [-0.1, -0.05) is 320 Å². The Labute approximate surface area is 638 Å². The van der Waals surface area contributed by atoms with E-state index < -0.39 is 91.5 Å². The minimum atomic E-state index is -4.95. The van der Waals surface area contributed by atoms with Gasteiger partial charge in [-0.3, -0.25) is 32.5 Å². The van der Waals surface area contributed by atoms with Crippen molar-refractivity contribution in [3.8, 4) is 0 Å². The van der Waals surface area contributed by atoms with Crippen molar-refractivity contribution in [2.24, 2.45) is 0 Å². The zero-order valence-corrected chi connectivity index (χ0v) is 67.4. The Hall–Kier alpha value is -4.83. The van der Waals surface area contributed by atoms with E-state index in [9.17, 15) is 43.5 Å². The number of aliphatic hydroxyl groups is 2. The summed E-state index contributed by atoms with van der Waals surface area (Å²) in [6.07, 6.45) is 99.0. The number of rotatable bonds is 76. The van der Waals surface area contributed by atoms with Crippen LogP contribution in [0.1, 0.15) is 316 Å². The quantitative estimate of drug-likeness (QED) is 0.0146. The molecular formula is C87H146O16P2. The molecule has 0 aromatic heterocycles. The molecule has 0 rings (SSSR count). The van der Waals surface area contributed by atoms with Crippen LogP contribution < -0.4 is 0 Å². The molecule has 0 aliphatic carbocycles. The van der Waals surface area contributed by atoms with Crippen molar-refractivity contribution in [3.63, 3.8) is 0 Å². The summed E-state index contributed by atoms with van der Waals surface area (Å²) in [5, 5.41) is 20.6. The first kappa shape index (κ1) is 100. The average molecular weight is 1510 g/mol. The summed E-state index contributed by atoms with van der Waals surface area (Å²) in [4.78, 5) is 58.6. The van der Waals surface area contributed by atoms with Crippen molar-refractivity contribution in [3.05, 3.63) is 158 Å². The molecule has 4 N–H and O–H groups in total. The van der Waals surface area contributed by atoms with Gasteiger partial charge in [0.25, 0.3) is 0 Å². The van der Waals surface area contributed by atoms with Crippen molar-refractivity contribution < 1.29 is 75.8 Å². The Morgan fingerprint density at radius 3 is 0.857 bits per heavy atom. The van der Waals surface area contributed by atoms with Crippen LogP contribution in [0.5, 0.6) is 0 Å². The topological polar surface area (TPSA) is 231 Å². The zero-order chi connectivity index (χ0) is 76.6. The number of esters is 3. The monoisotopic (exact) mass is 1510 g/mol. The summed E-state index contributed by atoms with van der Waals surface area (Å²) in [6.45, 7) is 2.32. The molecule has 5 atom stereocenters. The van der Waals surface area contributed by atoms with Gasteiger partial charge in [-0.2, -0.15) is 0 Å². The number of allylic oxidation sites excluding steroid dienone is 26. The summed E-state index contributed by atoms with van der Waals surface area (Å²) in [5.74, 6) is -1.69. The second-order valence-electron chi connectivity index (χ2n) is 26.8. The van der Waals surface area contributed by atoms with Crippen LogP contribution in [0, 0.1) is 0 Å². The molecule has 16 nitrogen and oxygen atoms in total. The lowest BCUT2D eigenvalue weighted by Crippen LogP contribution is -2.30. The number of phosphoric acid groups is 2. The number of phosphoric ester groups is 2. The molecule has 0 bridgehead atoms. The molecular weight excluding hydrogens is 1360 g/mol. The minimum Gasteiger partial charge on any atom is -0.463 e. The second kappa shape index (κ2) is 78.7. The maximum absolute atomic E-state index is 12.9. The Balaban J connectivity index is 4.45. The molecule has 18 heteroatoms. The summed E-state index contributed by atoms with van der Waals surface area (Å²) in [5.41, 5.74) is 0. The molecule has 0 radical (unpaired) electrons. The van der Waals surface area contributed by atoms with E-state index in [1.807, 2.05) is 18.2 Å². The van der Waals surface area contributed by atoms with E-state index >= 15 is 0 Å². The van der Waals surface area contributed by atoms with Crippen molar-refractivity contribution in [2.75, 3.05) is 39.6 Å². The predicted octanol–water partition coefficient (Wildman–Crippen LogP) is 24.2. The number of carbonyl (C=O) groups is 3. The SMILES string of the molecule is CC/C=C\C/C=C\C/C=C\C/C=C\C/C=C\C/C=C\CCC(=O)OCC(COP(=O)(O)OCC(O)COP(=O)(O)OCC(O)COC(=O)CCCCCCCCCCCCCCCCCCCCC/C=C\C/C=C\C/C=C\C/C=C\C/C=C\CC)OC(=O)CCCCCCC/C=C\C/C=C\CCCCC. The minimum absolute atomic E-state index is 0.0384. The number of aliphatic hydroxyl groups excluding tert-OH is 2. The molecule has 0 spiro atoms. The van der Waals surface area contributed by atoms with Crippen LogP contribution in [0.25, 0.3) is 0 Å². The molecule has 105 heavy (non-hydrogen) atoms. The molecule has 0 saturated carbocycles. The lowest BCUT2D eigenvalue weighted by Gasteiger charge is -2.21. The van der Waals surface area contributed by atoms with Gasteiger partial charge < -0.3 is 34.2 Å². The summed E-state index contributed by atoms with van der Waals surface area (Å²) in [6, 6.07) is 0. The van der Waals surface area contributed by atoms with Gasteiger partial charge in [-0.25, -0.2) is 9.13 Å². The average Bonchev–Trinajstić information content (AvgIpc) is 0.913. The van der Waals surface area contributed by atoms with Gasteiger partial charge in [0.2, 0.25) is 0 Å². The maximum Gasteiger partial charge on any atom is 0.472 e. The van der Waals surface area contributed by atoms with Crippen molar-refractivity contribution >= 4 is 33.6 Å². The van der Waals surface area contributed by atoms with E-state index in [0.717, 1.165) is 128 Å². The number of hydrogen-bond donors (Lipinski definition) is 4. The third-order valence-corrected chi connectivity index (χ3v) is 18.6. The Kier molecular flexibility index (Phi) is 75.1. The van der Waals surface area contributed by atoms with Crippen LogP contribution in [-0.2, 0) is 55.8 Å². The van der Waals surface area contributed by atoms with Crippen LogP contribution in [0.15, 0.2) is 158 Å². The van der Waals surface area contributed by atoms with Crippen molar-refractivity contribution in [1.29, 1.82) is 0 Å². The van der Waals surface area contributed by atoms with Crippen LogP contribution in [-0.4, -0.2) is 95.9 Å². The summed E-state index contributed by atoms with van der Waals surface area (Å²) < 4.78 is 61.0. The van der Waals surface area contributed by atoms with Gasteiger partial charge in [0, 0.05) is 19.3 Å². The fourth-order valence-electron chi connectivity index (χ4n) is 10.6. The standard InChI is InChI=1S/C87H146O16P2/c1-4-7-10-13-16-19-22-25-28-30-32-33-34-35-36-37-38-39-40-41-42-43-44-45-46-47-49-51-53-55-58-61-64-67-70-73-85(90)97-76-82(88)77-99-104(93,94)100-78-83(89)79-101-105(95,96)102-81-84(103-87(92)75-72-69-66-63-60-57-52-27-24-21-18-15-12-9-6-3)80-98-86(91)74-71-68-65-62-59-56-54-50-48-31-29-26-23-20-17-14-11-8-5-2/h7-8,10-11,16-21,25-29,32-33,35-36,48,50,52,56,59,65,68,82-84,88-89H,4-6,9,12-15,22-24,30-31,34,37-47,49,51,53-55,57-58,60-64,66-67,69-81H2,1-3H3,(H,93,94)(H,95,96)/b10-7-,11-8-,19-16-,20-17-,21-18-,28-25-,29-26-,33-32-,36-35-,50-48-,52-27-,59-56-,68-65-. The molecule has 0 fully saturated rings. The van der Waals surface area contributed by atoms with Crippen molar-refractivity contribution in [2.45, 2.75) is 334 Å². The molecule has 0 aromatic carbocycles. The van der Waals surface area contributed by atoms with Crippen LogP contribution in [0.3, 0.4) is 0 Å². The predicted molar refractivity (Wildman–Crippen MR) is 435 cm³/mol. The first-order valence-corrected chi connectivity index (χ1v) is 43.8. The van der Waals surface area contributed by atoms with Gasteiger partial charge in [-0.05, 0) is 135 Å². The normalized spacial score (nSPS) is 14.8. The Morgan fingerprint density at radius 2 is 0.524 bits per heavy atom. The maximum atomic E-state index is 12.9. The molecule has 0 aliphatic heterocycles. The van der Waals surface area contributed by atoms with E-state index in [1.165, 1.54) is 122 Å². The van der Waals surface area contributed by atoms with Gasteiger partial charge in [0.1, 0.15) is 25.4 Å². The van der Waals surface area contributed by atoms with E-state index in [0.29, 0.717) is 25.7 Å². The molecule has 0 saturated heterocycles. The first-order chi connectivity index (χ1) is 51.2. The number of carbonyl (C=O) groups excluding carboxylic acids is 3. The largest absolute Gasteiger partial charge is 0.472 e. The fraction of sp³-hybridized carbons (Fsp3) is 0.667. The highest BCUT2D eigenvalue weighted by Gasteiger charge is 2.29. The number of ether oxygens (including phenoxy) is 3. The lowest BCUT2D eigenvalue weighted by atomic mass is 10.0. The molecule has 600 valence electrons. The Morgan fingerprint density at radius 1 is 0.276 bits per heavy atom. The highest BCUT2D eigenvalue weighted by atomic mass is 31.2. The third-order valence-electron chi connectivity index (χ3n) is 16.7. The number of hydrogen-bond acceptors (Lipinski definition) is 14. The molecule has 0 amide bonds. The lowest BCUT2D eigenvalue weighted by molar-refractivity contribution is -0.161. The zero-order valence-electron chi connectivity index (χ0n) is 65.6. The van der Waals surface area contributed by atoms with Crippen LogP contribution >= 0.6 is 15.6 Å². The highest BCUT2D eigenvalue weighted by Crippen LogP contribution is 2.45. The van der Waals surface area contributed by atoms with Gasteiger partial charge >= 0.3 is 33.6 Å². The van der Waals surface area contributed by atoms with Gasteiger partial charge in [0.05, 0.1) is 26.4 Å². The third kappa shape index (κ3) is 80.0. The van der Waals surface area contributed by atoms with E-state index in [-0.39, 0.29) is 19.3 Å². The van der Waals surface area contributed by atoms with E-state index in [1.54, 1.807) is 0 Å². The highest BCUT2D eigenvalue weighted by molar-refractivity contribution is 7.47. The molecule has 0 aromatic rings. The summed E-state index contributed by atoms with van der Waals surface area (Å²) in [7, 11) is -9.82. The molecule has 0 aliphatic rings. The summed E-state index contributed by atoms with van der Waals surface area (Å²) >= 11 is 0. The van der Waals surface area contributed by atoms with E-state index in [4.69, 9.17) is 32.3 Å². The molecule has 0 heterocycles. The first-order valence-electron chi connectivity index (χ1n) is 40.8. The Bertz CT molecular complexity index is 2540. The van der Waals surface area contributed by atoms with Crippen LogP contribution in [0.2, 0.25) is 0 Å². The van der Waals surface area contributed by atoms with Crippen molar-refractivity contribution in [1.82, 2.24) is 0 Å². The number of unbranched alkanes of at least 4 members (excludes halogenated alkanes) is 27. The van der Waals surface area contributed by atoms with Gasteiger partial charge in [0.15, 0.2) is 6.10 Å². The van der Waals surface area contributed by atoms with Crippen LogP contribution in [0.4, 0.5) is 0 Å². The second-order valence-corrected chi connectivity index (χ2v) is 29.7.